The molecule has 0 atom stereocenters. The van der Waals surface area contributed by atoms with Crippen LogP contribution in [0.15, 0.2) is 0 Å². The van der Waals surface area contributed by atoms with E-state index in [1.54, 1.807) is 0 Å². The third kappa shape index (κ3) is 17.6. The third-order valence-electron chi connectivity index (χ3n) is 0.439. The van der Waals surface area contributed by atoms with Crippen molar-refractivity contribution in [1.29, 1.82) is 0 Å². The Bertz CT molecular complexity index is 109. The van der Waals surface area contributed by atoms with Gasteiger partial charge in [0.15, 0.2) is 6.61 Å². The molecule has 0 heterocycles. The first kappa shape index (κ1) is 12.9. The molecule has 5 heteroatoms. The maximum atomic E-state index is 11.1. The first-order chi connectivity index (χ1) is 4.92. The van der Waals surface area contributed by atoms with Crippen molar-refractivity contribution < 1.29 is 22.7 Å². The predicted molar refractivity (Wildman–Crippen MR) is 34.0 cm³/mol. The molecule has 0 aliphatic heterocycles. The summed E-state index contributed by atoms with van der Waals surface area (Å²) in [6.45, 7) is 3.42. The monoisotopic (exact) mass is 172 g/mol. The molecule has 0 aliphatic carbocycles. The van der Waals surface area contributed by atoms with Crippen LogP contribution in [0.25, 0.3) is 0 Å². The topological polar surface area (TPSA) is 26.3 Å². The van der Waals surface area contributed by atoms with Crippen molar-refractivity contribution in [3.8, 4) is 0 Å². The fraction of sp³-hybridized carbons (Fsp3) is 0.833. The molecular formula is C6H11F3O2. The molecule has 2 nitrogen and oxygen atoms in total. The van der Waals surface area contributed by atoms with Gasteiger partial charge in [0.25, 0.3) is 0 Å². The zero-order valence-corrected chi connectivity index (χ0v) is 6.66. The normalized spacial score (nSPS) is 9.64. The number of ether oxygens (including phenoxy) is 1. The van der Waals surface area contributed by atoms with E-state index < -0.39 is 18.8 Å². The molecule has 0 aromatic rings. The number of carbonyl (C=O) groups is 1. The first-order valence-corrected chi connectivity index (χ1v) is 3.12. The standard InChI is InChI=1S/C4H5F3O2.C2H6/c1-3(8)9-2-4(5,6)7;1-2/h2H2,1H3;1-2H3. The molecule has 0 N–H and O–H groups in total. The Kier molecular flexibility index (Phi) is 7.04. The van der Waals surface area contributed by atoms with Gasteiger partial charge >= 0.3 is 12.1 Å². The minimum Gasteiger partial charge on any atom is -0.456 e. The van der Waals surface area contributed by atoms with Crippen LogP contribution in [0, 0.1) is 0 Å². The van der Waals surface area contributed by atoms with Crippen LogP contribution in [0.4, 0.5) is 13.2 Å². The van der Waals surface area contributed by atoms with Crippen molar-refractivity contribution in [2.75, 3.05) is 6.61 Å². The van der Waals surface area contributed by atoms with Crippen LogP contribution in [-0.4, -0.2) is 18.8 Å². The van der Waals surface area contributed by atoms with E-state index in [4.69, 9.17) is 0 Å². The second-order valence-electron chi connectivity index (χ2n) is 1.40. The van der Waals surface area contributed by atoms with Crippen molar-refractivity contribution >= 4 is 5.97 Å². The second kappa shape index (κ2) is 6.00. The lowest BCUT2D eigenvalue weighted by atomic mass is 10.7. The van der Waals surface area contributed by atoms with Crippen molar-refractivity contribution in [3.05, 3.63) is 0 Å². The summed E-state index contributed by atoms with van der Waals surface area (Å²) in [6.07, 6.45) is -4.41. The largest absolute Gasteiger partial charge is 0.456 e. The number of alkyl halides is 3. The summed E-state index contributed by atoms with van der Waals surface area (Å²) in [7, 11) is 0. The molecule has 0 saturated carbocycles. The fourth-order valence-electron chi connectivity index (χ4n) is 0.183. The molecule has 0 radical (unpaired) electrons. The van der Waals surface area contributed by atoms with Gasteiger partial charge in [-0.3, -0.25) is 4.79 Å². The lowest BCUT2D eigenvalue weighted by molar-refractivity contribution is -0.184. The van der Waals surface area contributed by atoms with E-state index in [2.05, 4.69) is 4.74 Å². The fourth-order valence-corrected chi connectivity index (χ4v) is 0.183. The zero-order valence-electron chi connectivity index (χ0n) is 6.66. The summed E-state index contributed by atoms with van der Waals surface area (Å²) in [6, 6.07) is 0. The zero-order chi connectivity index (χ0) is 9.49. The molecule has 0 unspecified atom stereocenters. The number of hydrogen-bond donors (Lipinski definition) is 0. The van der Waals surface area contributed by atoms with E-state index in [0.717, 1.165) is 6.92 Å². The average molecular weight is 172 g/mol. The van der Waals surface area contributed by atoms with Crippen LogP contribution >= 0.6 is 0 Å². The lowest BCUT2D eigenvalue weighted by Crippen LogP contribution is -2.18. The Morgan fingerprint density at radius 1 is 1.36 bits per heavy atom. The molecule has 0 fully saturated rings. The van der Waals surface area contributed by atoms with Gasteiger partial charge in [-0.15, -0.1) is 0 Å². The Morgan fingerprint density at radius 3 is 1.82 bits per heavy atom. The quantitative estimate of drug-likeness (QED) is 0.566. The van der Waals surface area contributed by atoms with E-state index in [1.165, 1.54) is 0 Å². The summed E-state index contributed by atoms with van der Waals surface area (Å²) in [5.74, 6) is -0.924. The van der Waals surface area contributed by atoms with E-state index in [9.17, 15) is 18.0 Å². The Balaban J connectivity index is 0. The number of rotatable bonds is 1. The van der Waals surface area contributed by atoms with Gasteiger partial charge in [0.05, 0.1) is 0 Å². The van der Waals surface area contributed by atoms with Crippen LogP contribution in [0.2, 0.25) is 0 Å². The van der Waals surface area contributed by atoms with Crippen molar-refractivity contribution in [3.63, 3.8) is 0 Å². The minimum absolute atomic E-state index is 0.922. The van der Waals surface area contributed by atoms with Crippen molar-refractivity contribution in [1.82, 2.24) is 0 Å². The van der Waals surface area contributed by atoms with Gasteiger partial charge in [0, 0.05) is 6.92 Å². The predicted octanol–water partition coefficient (Wildman–Crippen LogP) is 2.14. The molecule has 0 amide bonds. The molecule has 0 spiro atoms. The summed E-state index contributed by atoms with van der Waals surface area (Å²) in [4.78, 5) is 9.77. The number of halogens is 3. The number of carbonyl (C=O) groups excluding carboxylic acids is 1. The molecule has 0 aromatic heterocycles. The van der Waals surface area contributed by atoms with Gasteiger partial charge in [0.2, 0.25) is 0 Å². The van der Waals surface area contributed by atoms with Gasteiger partial charge in [-0.05, 0) is 0 Å². The maximum Gasteiger partial charge on any atom is 0.422 e. The average Bonchev–Trinajstić information content (AvgIpc) is 1.87. The molecule has 0 bridgehead atoms. The molecule has 11 heavy (non-hydrogen) atoms. The highest BCUT2D eigenvalue weighted by molar-refractivity contribution is 5.65. The molecule has 68 valence electrons. The summed E-state index contributed by atoms with van der Waals surface area (Å²) >= 11 is 0. The summed E-state index contributed by atoms with van der Waals surface area (Å²) in [5, 5.41) is 0. The second-order valence-corrected chi connectivity index (χ2v) is 1.40. The Hall–Kier alpha value is -0.740. The van der Waals surface area contributed by atoms with Gasteiger partial charge < -0.3 is 4.74 Å². The first-order valence-electron chi connectivity index (χ1n) is 3.12. The summed E-state index contributed by atoms with van der Waals surface area (Å²) < 4.78 is 37.1. The smallest absolute Gasteiger partial charge is 0.422 e. The molecule has 0 aliphatic rings. The van der Waals surface area contributed by atoms with E-state index in [0.29, 0.717) is 0 Å². The molecule has 0 aromatic carbocycles. The van der Waals surface area contributed by atoms with Crippen LogP contribution in [0.3, 0.4) is 0 Å². The minimum atomic E-state index is -4.41. The van der Waals surface area contributed by atoms with Crippen LogP contribution in [0.1, 0.15) is 20.8 Å². The van der Waals surface area contributed by atoms with Gasteiger partial charge in [-0.2, -0.15) is 13.2 Å². The van der Waals surface area contributed by atoms with Crippen LogP contribution in [0.5, 0.6) is 0 Å². The SMILES string of the molecule is CC.CC(=O)OCC(F)(F)F. The molecule has 0 rings (SSSR count). The molecular weight excluding hydrogens is 161 g/mol. The van der Waals surface area contributed by atoms with Crippen molar-refractivity contribution in [2.45, 2.75) is 26.9 Å². The highest BCUT2D eigenvalue weighted by Crippen LogP contribution is 2.14. The molecule has 0 saturated heterocycles. The van der Waals surface area contributed by atoms with Crippen LogP contribution < -0.4 is 0 Å². The maximum absolute atomic E-state index is 11.1. The lowest BCUT2D eigenvalue weighted by Gasteiger charge is -2.04. The van der Waals surface area contributed by atoms with Gasteiger partial charge in [0.1, 0.15) is 0 Å². The van der Waals surface area contributed by atoms with Crippen LogP contribution in [-0.2, 0) is 9.53 Å². The third-order valence-corrected chi connectivity index (χ3v) is 0.439. The Labute approximate surface area is 63.3 Å². The van der Waals surface area contributed by atoms with E-state index >= 15 is 0 Å². The van der Waals surface area contributed by atoms with E-state index in [-0.39, 0.29) is 0 Å². The number of hydrogen-bond acceptors (Lipinski definition) is 2. The highest BCUT2D eigenvalue weighted by Gasteiger charge is 2.28. The number of esters is 1. The van der Waals surface area contributed by atoms with Crippen molar-refractivity contribution in [2.24, 2.45) is 0 Å². The van der Waals surface area contributed by atoms with Gasteiger partial charge in [-0.1, -0.05) is 13.8 Å². The Morgan fingerprint density at radius 2 is 1.73 bits per heavy atom. The van der Waals surface area contributed by atoms with E-state index in [1.807, 2.05) is 13.8 Å². The highest BCUT2D eigenvalue weighted by atomic mass is 19.4. The van der Waals surface area contributed by atoms with Gasteiger partial charge in [-0.25, -0.2) is 0 Å². The summed E-state index contributed by atoms with van der Waals surface area (Å²) in [5.41, 5.74) is 0.